The molecule has 4 aliphatic rings. The molecule has 2 aromatic rings. The number of hydrogen-bond donors (Lipinski definition) is 0. The molecule has 30 heavy (non-hydrogen) atoms. The molecule has 0 saturated carbocycles. The lowest BCUT2D eigenvalue weighted by Gasteiger charge is -2.30. The number of rotatable bonds is 0. The summed E-state index contributed by atoms with van der Waals surface area (Å²) in [5.74, 6) is 1.18. The highest BCUT2D eigenvalue weighted by Crippen LogP contribution is 2.49. The van der Waals surface area contributed by atoms with E-state index in [-0.39, 0.29) is 5.41 Å². The molecule has 1 heteroatoms. The summed E-state index contributed by atoms with van der Waals surface area (Å²) in [6, 6.07) is 13.4. The summed E-state index contributed by atoms with van der Waals surface area (Å²) in [7, 11) is 0. The number of hydrogen-bond acceptors (Lipinski definition) is 0. The molecule has 0 bridgehead atoms. The largest absolute Gasteiger partial charge is 0.199 e. The van der Waals surface area contributed by atoms with Gasteiger partial charge in [-0.2, -0.15) is 4.58 Å². The Kier molecular flexibility index (Phi) is 3.60. The van der Waals surface area contributed by atoms with Gasteiger partial charge in [0, 0.05) is 11.5 Å². The van der Waals surface area contributed by atoms with E-state index in [1.807, 2.05) is 0 Å². The molecule has 2 aliphatic heterocycles. The van der Waals surface area contributed by atoms with Crippen molar-refractivity contribution in [3.05, 3.63) is 101 Å². The maximum absolute atomic E-state index is 4.52. The third-order valence-corrected chi connectivity index (χ3v) is 7.47. The van der Waals surface area contributed by atoms with E-state index in [4.69, 9.17) is 0 Å². The van der Waals surface area contributed by atoms with Crippen LogP contribution in [0, 0.1) is 17.3 Å². The second kappa shape index (κ2) is 6.04. The van der Waals surface area contributed by atoms with Gasteiger partial charge in [0.1, 0.15) is 0 Å². The van der Waals surface area contributed by atoms with Crippen LogP contribution >= 0.6 is 0 Å². The van der Waals surface area contributed by atoms with E-state index in [0.717, 1.165) is 6.42 Å². The third kappa shape index (κ3) is 2.38. The third-order valence-electron chi connectivity index (χ3n) is 7.47. The molecule has 3 unspecified atom stereocenters. The van der Waals surface area contributed by atoms with Gasteiger partial charge in [0.15, 0.2) is 17.6 Å². The van der Waals surface area contributed by atoms with Crippen molar-refractivity contribution in [3.8, 4) is 0 Å². The minimum Gasteiger partial charge on any atom is -0.168 e. The van der Waals surface area contributed by atoms with Crippen molar-refractivity contribution in [1.82, 2.24) is 0 Å². The Labute approximate surface area is 179 Å². The first-order valence-corrected chi connectivity index (χ1v) is 11.1. The topological polar surface area (TPSA) is 3.01 Å². The highest BCUT2D eigenvalue weighted by molar-refractivity contribution is 6.05. The number of nitrogens with zero attached hydrogens (tertiary/aromatic N) is 1. The molecule has 0 aromatic heterocycles. The summed E-state index contributed by atoms with van der Waals surface area (Å²) in [5, 5.41) is 2.67. The lowest BCUT2D eigenvalue weighted by atomic mass is 9.70. The molecule has 6 rings (SSSR count). The van der Waals surface area contributed by atoms with E-state index >= 15 is 0 Å². The van der Waals surface area contributed by atoms with Crippen molar-refractivity contribution in [1.29, 1.82) is 0 Å². The van der Waals surface area contributed by atoms with Crippen molar-refractivity contribution >= 4 is 22.6 Å². The average Bonchev–Trinajstić information content (AvgIpc) is 3.04. The highest BCUT2D eigenvalue weighted by atomic mass is 15.1. The van der Waals surface area contributed by atoms with Crippen molar-refractivity contribution in [3.63, 3.8) is 0 Å². The minimum atomic E-state index is 0.208. The molecule has 0 amide bonds. The lowest BCUT2D eigenvalue weighted by molar-refractivity contribution is -0.404. The second-order valence-corrected chi connectivity index (χ2v) is 10.1. The normalized spacial score (nSPS) is 26.8. The zero-order valence-electron chi connectivity index (χ0n) is 18.0. The lowest BCUT2D eigenvalue weighted by Crippen LogP contribution is -2.30. The van der Waals surface area contributed by atoms with Gasteiger partial charge in [-0.25, -0.2) is 0 Å². The molecule has 0 fully saturated rings. The number of benzene rings is 2. The highest BCUT2D eigenvalue weighted by Gasteiger charge is 2.49. The summed E-state index contributed by atoms with van der Waals surface area (Å²) < 4.78 is 2.38. The van der Waals surface area contributed by atoms with Crippen LogP contribution in [0.15, 0.2) is 90.3 Å². The first-order valence-electron chi connectivity index (χ1n) is 11.1. The van der Waals surface area contributed by atoms with Gasteiger partial charge < -0.3 is 0 Å². The summed E-state index contributed by atoms with van der Waals surface area (Å²) in [6.45, 7) is 11.5. The van der Waals surface area contributed by atoms with Gasteiger partial charge in [-0.3, -0.25) is 0 Å². The maximum atomic E-state index is 4.52. The van der Waals surface area contributed by atoms with Crippen molar-refractivity contribution in [2.75, 3.05) is 0 Å². The molecular weight excluding hydrogens is 362 g/mol. The molecule has 0 saturated heterocycles. The quantitative estimate of drug-likeness (QED) is 0.426. The molecule has 2 heterocycles. The van der Waals surface area contributed by atoms with Crippen molar-refractivity contribution in [2.45, 2.75) is 33.1 Å². The fourth-order valence-electron chi connectivity index (χ4n) is 5.78. The van der Waals surface area contributed by atoms with E-state index in [1.165, 1.54) is 44.5 Å². The zero-order valence-corrected chi connectivity index (χ0v) is 18.0. The summed E-state index contributed by atoms with van der Waals surface area (Å²) in [5.41, 5.74) is 8.71. The van der Waals surface area contributed by atoms with E-state index in [1.54, 1.807) is 0 Å². The van der Waals surface area contributed by atoms with Crippen LogP contribution in [-0.2, 0) is 0 Å². The summed E-state index contributed by atoms with van der Waals surface area (Å²) in [4.78, 5) is 0. The molecule has 0 radical (unpaired) electrons. The van der Waals surface area contributed by atoms with Crippen LogP contribution in [0.25, 0.3) is 16.8 Å². The van der Waals surface area contributed by atoms with Gasteiger partial charge in [0.2, 0.25) is 0 Å². The van der Waals surface area contributed by atoms with Gasteiger partial charge in [0.25, 0.3) is 0 Å². The van der Waals surface area contributed by atoms with Crippen molar-refractivity contribution < 1.29 is 4.58 Å². The predicted molar refractivity (Wildman–Crippen MR) is 126 cm³/mol. The van der Waals surface area contributed by atoms with E-state index in [0.29, 0.717) is 17.8 Å². The smallest absolute Gasteiger partial charge is 0.168 e. The van der Waals surface area contributed by atoms with Crippen LogP contribution in [0.2, 0.25) is 0 Å². The Morgan fingerprint density at radius 2 is 1.80 bits per heavy atom. The van der Waals surface area contributed by atoms with E-state index in [9.17, 15) is 0 Å². The zero-order chi connectivity index (χ0) is 20.6. The fourth-order valence-corrected chi connectivity index (χ4v) is 5.78. The van der Waals surface area contributed by atoms with Crippen LogP contribution in [-0.4, -0.2) is 10.3 Å². The van der Waals surface area contributed by atoms with Crippen LogP contribution < -0.4 is 0 Å². The van der Waals surface area contributed by atoms with Crippen LogP contribution in [0.5, 0.6) is 0 Å². The Hall–Kier alpha value is -2.93. The molecule has 3 atom stereocenters. The Balaban J connectivity index is 1.47. The second-order valence-electron chi connectivity index (χ2n) is 10.1. The Morgan fingerprint density at radius 1 is 0.967 bits per heavy atom. The van der Waals surface area contributed by atoms with E-state index in [2.05, 4.69) is 105 Å². The number of allylic oxidation sites excluding steroid dienone is 6. The molecular formula is C29H28N+. The minimum absolute atomic E-state index is 0.208. The molecule has 1 nitrogen and oxygen atoms in total. The number of fused-ring (bicyclic) bond motifs is 8. The van der Waals surface area contributed by atoms with Gasteiger partial charge in [-0.05, 0) is 46.4 Å². The summed E-state index contributed by atoms with van der Waals surface area (Å²) >= 11 is 0. The van der Waals surface area contributed by atoms with Gasteiger partial charge in [0.05, 0.1) is 11.8 Å². The van der Waals surface area contributed by atoms with Gasteiger partial charge >= 0.3 is 0 Å². The standard InChI is InChI=1S/C29H28N/c1-18-27-17-20(29(2,3)4)10-12-26(27)28-25-14-13-22-21-8-6-5-7-19(21)9-11-23(22)24(25)15-16-30(18)28/h5-16,24-25,27H,1,17H2,2-4H3/q+1. The van der Waals surface area contributed by atoms with Gasteiger partial charge in [-0.15, -0.1) is 0 Å². The molecule has 0 spiro atoms. The Bertz CT molecular complexity index is 1270. The molecule has 2 aliphatic carbocycles. The monoisotopic (exact) mass is 390 g/mol. The first-order chi connectivity index (χ1) is 14.4. The van der Waals surface area contributed by atoms with Crippen LogP contribution in [0.3, 0.4) is 0 Å². The van der Waals surface area contributed by atoms with Crippen molar-refractivity contribution in [2.24, 2.45) is 17.3 Å². The fraction of sp³-hybridized carbons (Fsp3) is 0.276. The predicted octanol–water partition coefficient (Wildman–Crippen LogP) is 6.99. The molecule has 2 aromatic carbocycles. The molecule has 148 valence electrons. The average molecular weight is 391 g/mol. The first kappa shape index (κ1) is 17.9. The summed E-state index contributed by atoms with van der Waals surface area (Å²) in [6.07, 6.45) is 15.3. The Morgan fingerprint density at radius 3 is 2.63 bits per heavy atom. The van der Waals surface area contributed by atoms with Gasteiger partial charge in [-0.1, -0.05) is 87.0 Å². The maximum Gasteiger partial charge on any atom is 0.199 e. The van der Waals surface area contributed by atoms with Crippen LogP contribution in [0.4, 0.5) is 0 Å². The molecule has 0 N–H and O–H groups in total. The van der Waals surface area contributed by atoms with E-state index < -0.39 is 0 Å². The van der Waals surface area contributed by atoms with Crippen LogP contribution in [0.1, 0.15) is 44.2 Å². The SMILES string of the molecule is C=C1C2CC(C(C)(C)C)=CC=C2C2=[N+]1C=CC1c3ccc4ccccc4c3C=CC21.